The van der Waals surface area contributed by atoms with E-state index in [1.165, 1.54) is 32.1 Å². The Morgan fingerprint density at radius 3 is 2.55 bits per heavy atom. The van der Waals surface area contributed by atoms with E-state index < -0.39 is 0 Å². The van der Waals surface area contributed by atoms with Crippen molar-refractivity contribution in [2.24, 2.45) is 5.92 Å². The van der Waals surface area contributed by atoms with E-state index in [0.29, 0.717) is 0 Å². The Kier molecular flexibility index (Phi) is 9.33. The number of hydrogen-bond acceptors (Lipinski definition) is 1. The van der Waals surface area contributed by atoms with Gasteiger partial charge in [-0.1, -0.05) is 39.5 Å². The molecule has 1 atom stereocenters. The van der Waals surface area contributed by atoms with Gasteiger partial charge >= 0.3 is 0 Å². The highest BCUT2D eigenvalue weighted by Gasteiger charge is 1.99. The van der Waals surface area contributed by atoms with Crippen LogP contribution < -0.4 is 3.53 Å². The zero-order valence-corrected chi connectivity index (χ0v) is 9.86. The third kappa shape index (κ3) is 8.60. The van der Waals surface area contributed by atoms with Crippen molar-refractivity contribution in [2.75, 3.05) is 6.54 Å². The summed E-state index contributed by atoms with van der Waals surface area (Å²) in [6, 6.07) is 0. The molecule has 0 aliphatic heterocycles. The molecule has 0 radical (unpaired) electrons. The Labute approximate surface area is 84.8 Å². The average Bonchev–Trinajstić information content (AvgIpc) is 1.99. The molecule has 1 unspecified atom stereocenters. The summed E-state index contributed by atoms with van der Waals surface area (Å²) in [7, 11) is 0. The maximum Gasteiger partial charge on any atom is 0.0169 e. The van der Waals surface area contributed by atoms with Crippen molar-refractivity contribution < 1.29 is 0 Å². The van der Waals surface area contributed by atoms with Crippen LogP contribution in [0.1, 0.15) is 46.0 Å². The van der Waals surface area contributed by atoms with Gasteiger partial charge < -0.3 is 0 Å². The molecule has 0 aromatic heterocycles. The predicted molar refractivity (Wildman–Crippen MR) is 59.9 cm³/mol. The minimum Gasteiger partial charge on any atom is -0.261 e. The summed E-state index contributed by atoms with van der Waals surface area (Å²) in [5.74, 6) is 0.851. The summed E-state index contributed by atoms with van der Waals surface area (Å²) in [4.78, 5) is 0. The van der Waals surface area contributed by atoms with Gasteiger partial charge in [-0.25, -0.2) is 0 Å². The molecule has 0 rings (SSSR count). The first-order valence-corrected chi connectivity index (χ1v) is 5.72. The van der Waals surface area contributed by atoms with Crippen molar-refractivity contribution in [3.63, 3.8) is 0 Å². The van der Waals surface area contributed by atoms with Gasteiger partial charge in [-0.3, -0.25) is 3.53 Å². The van der Waals surface area contributed by atoms with E-state index >= 15 is 0 Å². The number of hydrogen-bond donors (Lipinski definition) is 1. The lowest BCUT2D eigenvalue weighted by Crippen LogP contribution is -2.10. The van der Waals surface area contributed by atoms with Crippen LogP contribution in [0.25, 0.3) is 0 Å². The normalized spacial score (nSPS) is 13.4. The van der Waals surface area contributed by atoms with Crippen LogP contribution in [-0.4, -0.2) is 6.54 Å². The van der Waals surface area contributed by atoms with Gasteiger partial charge in [0.05, 0.1) is 0 Å². The molecule has 0 aliphatic carbocycles. The van der Waals surface area contributed by atoms with E-state index in [1.807, 2.05) is 0 Å². The maximum atomic E-state index is 3.18. The van der Waals surface area contributed by atoms with E-state index in [0.717, 1.165) is 12.5 Å². The Morgan fingerprint density at radius 2 is 2.00 bits per heavy atom. The van der Waals surface area contributed by atoms with Gasteiger partial charge in [0.25, 0.3) is 0 Å². The van der Waals surface area contributed by atoms with Gasteiger partial charge in [0, 0.05) is 29.4 Å². The molecular weight excluding hydrogens is 249 g/mol. The SMILES string of the molecule is CCCCCCC(C)CNI. The van der Waals surface area contributed by atoms with Crippen molar-refractivity contribution in [3.8, 4) is 0 Å². The van der Waals surface area contributed by atoms with Gasteiger partial charge in [0.15, 0.2) is 0 Å². The van der Waals surface area contributed by atoms with Crippen LogP contribution in [0.2, 0.25) is 0 Å². The molecule has 0 heterocycles. The molecule has 0 aliphatic rings. The lowest BCUT2D eigenvalue weighted by atomic mass is 10.0. The number of halogens is 1. The van der Waals surface area contributed by atoms with E-state index in [-0.39, 0.29) is 0 Å². The Bertz CT molecular complexity index is 76.0. The molecule has 0 saturated heterocycles. The summed E-state index contributed by atoms with van der Waals surface area (Å²) < 4.78 is 3.18. The van der Waals surface area contributed by atoms with Gasteiger partial charge in [-0.2, -0.15) is 0 Å². The Hall–Kier alpha value is 0.690. The topological polar surface area (TPSA) is 12.0 Å². The third-order valence-electron chi connectivity index (χ3n) is 1.98. The lowest BCUT2D eigenvalue weighted by molar-refractivity contribution is 0.492. The number of rotatable bonds is 7. The predicted octanol–water partition coefficient (Wildman–Crippen LogP) is 3.53. The van der Waals surface area contributed by atoms with Gasteiger partial charge in [0.2, 0.25) is 0 Å². The molecule has 68 valence electrons. The number of nitrogens with one attached hydrogen (secondary N) is 1. The number of unbranched alkanes of at least 4 members (excludes halogenated alkanes) is 3. The largest absolute Gasteiger partial charge is 0.261 e. The minimum absolute atomic E-state index is 0.851. The van der Waals surface area contributed by atoms with Crippen LogP contribution in [0.5, 0.6) is 0 Å². The highest BCUT2D eigenvalue weighted by atomic mass is 127. The van der Waals surface area contributed by atoms with Crippen LogP contribution >= 0.6 is 22.9 Å². The Balaban J connectivity index is 2.97. The smallest absolute Gasteiger partial charge is 0.0169 e. The molecule has 1 N–H and O–H groups in total. The molecule has 0 fully saturated rings. The molecular formula is C9H20IN. The molecule has 11 heavy (non-hydrogen) atoms. The summed E-state index contributed by atoms with van der Waals surface area (Å²) in [6.07, 6.45) is 6.97. The quantitative estimate of drug-likeness (QED) is 0.423. The second kappa shape index (κ2) is 8.78. The first-order valence-electron chi connectivity index (χ1n) is 4.64. The van der Waals surface area contributed by atoms with Crippen molar-refractivity contribution in [3.05, 3.63) is 0 Å². The summed E-state index contributed by atoms with van der Waals surface area (Å²) in [5.41, 5.74) is 0. The highest BCUT2D eigenvalue weighted by molar-refractivity contribution is 14.1. The van der Waals surface area contributed by atoms with Crippen LogP contribution in [0.15, 0.2) is 0 Å². The van der Waals surface area contributed by atoms with Crippen molar-refractivity contribution in [1.82, 2.24) is 3.53 Å². The molecule has 0 saturated carbocycles. The molecule has 0 aromatic carbocycles. The van der Waals surface area contributed by atoms with Crippen molar-refractivity contribution >= 4 is 22.9 Å². The fourth-order valence-corrected chi connectivity index (χ4v) is 1.91. The van der Waals surface area contributed by atoms with Crippen LogP contribution in [0.3, 0.4) is 0 Å². The first-order chi connectivity index (χ1) is 5.31. The highest BCUT2D eigenvalue weighted by Crippen LogP contribution is 2.09. The molecule has 0 spiro atoms. The zero-order valence-electron chi connectivity index (χ0n) is 7.70. The maximum absolute atomic E-state index is 3.18. The summed E-state index contributed by atoms with van der Waals surface area (Å²) >= 11 is 2.22. The fraction of sp³-hybridized carbons (Fsp3) is 1.00. The van der Waals surface area contributed by atoms with Crippen LogP contribution in [0, 0.1) is 5.92 Å². The second-order valence-corrected chi connectivity index (χ2v) is 4.06. The molecule has 0 amide bonds. The van der Waals surface area contributed by atoms with Gasteiger partial charge in [-0.15, -0.1) is 0 Å². The van der Waals surface area contributed by atoms with Crippen LogP contribution in [-0.2, 0) is 0 Å². The zero-order chi connectivity index (χ0) is 8.53. The van der Waals surface area contributed by atoms with E-state index in [4.69, 9.17) is 0 Å². The second-order valence-electron chi connectivity index (χ2n) is 3.29. The summed E-state index contributed by atoms with van der Waals surface area (Å²) in [6.45, 7) is 5.74. The Morgan fingerprint density at radius 1 is 1.27 bits per heavy atom. The standard InChI is InChI=1S/C9H20IN/c1-3-4-5-6-7-9(2)8-11-10/h9,11H,3-8H2,1-2H3. The van der Waals surface area contributed by atoms with E-state index in [2.05, 4.69) is 40.2 Å². The van der Waals surface area contributed by atoms with Gasteiger partial charge in [0.1, 0.15) is 0 Å². The summed E-state index contributed by atoms with van der Waals surface area (Å²) in [5, 5.41) is 0. The van der Waals surface area contributed by atoms with E-state index in [1.54, 1.807) is 0 Å². The lowest BCUT2D eigenvalue weighted by Gasteiger charge is -2.08. The van der Waals surface area contributed by atoms with E-state index in [9.17, 15) is 0 Å². The molecule has 1 nitrogen and oxygen atoms in total. The third-order valence-corrected chi connectivity index (χ3v) is 2.42. The van der Waals surface area contributed by atoms with Crippen molar-refractivity contribution in [1.29, 1.82) is 0 Å². The molecule has 2 heteroatoms. The molecule has 0 bridgehead atoms. The minimum atomic E-state index is 0.851. The first kappa shape index (κ1) is 11.7. The molecule has 0 aromatic rings. The fourth-order valence-electron chi connectivity index (χ4n) is 1.15. The van der Waals surface area contributed by atoms with Crippen molar-refractivity contribution in [2.45, 2.75) is 46.0 Å². The van der Waals surface area contributed by atoms with Gasteiger partial charge in [-0.05, 0) is 12.3 Å². The van der Waals surface area contributed by atoms with Crippen LogP contribution in [0.4, 0.5) is 0 Å². The average molecular weight is 269 g/mol. The monoisotopic (exact) mass is 269 g/mol.